The van der Waals surface area contributed by atoms with E-state index in [1.165, 1.54) is 7.11 Å². The van der Waals surface area contributed by atoms with E-state index in [2.05, 4.69) is 20.5 Å². The van der Waals surface area contributed by atoms with E-state index in [0.717, 1.165) is 0 Å². The van der Waals surface area contributed by atoms with Gasteiger partial charge in [0.15, 0.2) is 5.71 Å². The lowest BCUT2D eigenvalue weighted by molar-refractivity contribution is -0.143. The third-order valence-corrected chi connectivity index (χ3v) is 4.05. The van der Waals surface area contributed by atoms with Crippen molar-refractivity contribution in [2.45, 2.75) is 32.8 Å². The Hall–Kier alpha value is -3.10. The average Bonchev–Trinajstić information content (AvgIpc) is 3.08. The zero-order valence-electron chi connectivity index (χ0n) is 14.8. The number of hydrogen-bond donors (Lipinski definition) is 0. The quantitative estimate of drug-likeness (QED) is 0.766. The molecule has 3 rings (SSSR count). The maximum absolute atomic E-state index is 12.6. The number of aromatic nitrogens is 2. The number of carbonyl (C=O) groups is 2. The van der Waals surface area contributed by atoms with Crippen molar-refractivity contribution in [2.75, 3.05) is 7.11 Å². The molecule has 0 fully saturated rings. The molecule has 2 aromatic rings. The monoisotopic (exact) mass is 358 g/mol. The molecule has 0 bridgehead atoms. The Morgan fingerprint density at radius 3 is 2.65 bits per heavy atom. The predicted molar refractivity (Wildman–Crippen MR) is 91.8 cm³/mol. The largest absolute Gasteiger partial charge is 0.468 e. The van der Waals surface area contributed by atoms with E-state index < -0.39 is 23.8 Å². The lowest BCUT2D eigenvalue weighted by Gasteiger charge is -2.28. The number of methoxy groups -OCH3 is 1. The molecule has 1 aromatic heterocycles. The van der Waals surface area contributed by atoms with Crippen molar-refractivity contribution in [1.82, 2.24) is 10.3 Å². The van der Waals surface area contributed by atoms with Crippen LogP contribution in [0, 0.1) is 5.92 Å². The normalized spacial score (nSPS) is 19.9. The van der Waals surface area contributed by atoms with Gasteiger partial charge in [-0.25, -0.2) is 9.42 Å². The van der Waals surface area contributed by atoms with Gasteiger partial charge in [-0.15, -0.1) is 5.10 Å². The number of hydrogen-bond acceptors (Lipinski definition) is 9. The van der Waals surface area contributed by atoms with Gasteiger partial charge in [-0.05, 0) is 42.7 Å². The second-order valence-electron chi connectivity index (χ2n) is 6.14. The summed E-state index contributed by atoms with van der Waals surface area (Å²) in [5, 5.41) is 15.7. The Labute approximate surface area is 149 Å². The molecule has 0 saturated heterocycles. The minimum Gasteiger partial charge on any atom is -0.468 e. The Balaban J connectivity index is 2.18. The Kier molecular flexibility index (Phi) is 4.79. The molecule has 1 aliphatic heterocycles. The first-order valence-corrected chi connectivity index (χ1v) is 8.06. The van der Waals surface area contributed by atoms with Gasteiger partial charge in [0.1, 0.15) is 17.0 Å². The second-order valence-corrected chi connectivity index (χ2v) is 6.14. The number of benzene rings is 1. The molecule has 9 heteroatoms. The summed E-state index contributed by atoms with van der Waals surface area (Å²) in [5.41, 5.74) is 1.94. The number of rotatable bonds is 4. The highest BCUT2D eigenvalue weighted by Crippen LogP contribution is 2.35. The molecule has 136 valence electrons. The molecule has 0 N–H and O–H groups in total. The van der Waals surface area contributed by atoms with E-state index in [1.54, 1.807) is 39.0 Å². The van der Waals surface area contributed by atoms with Gasteiger partial charge in [0.05, 0.1) is 24.8 Å². The first-order valence-electron chi connectivity index (χ1n) is 8.06. The third kappa shape index (κ3) is 3.07. The SMILES string of the molecule is COC(=O)C1C(C)=NN=C(C(=O)OC(C)C)C1c1cccc2nonc12. The van der Waals surface area contributed by atoms with Crippen LogP contribution in [0.3, 0.4) is 0 Å². The van der Waals surface area contributed by atoms with Crippen LogP contribution in [0.1, 0.15) is 32.3 Å². The summed E-state index contributed by atoms with van der Waals surface area (Å²) in [4.78, 5) is 25.1. The highest BCUT2D eigenvalue weighted by atomic mass is 16.6. The molecule has 2 heterocycles. The predicted octanol–water partition coefficient (Wildman–Crippen LogP) is 1.88. The van der Waals surface area contributed by atoms with Crippen LogP contribution in [0.4, 0.5) is 0 Å². The maximum Gasteiger partial charge on any atom is 0.355 e. The summed E-state index contributed by atoms with van der Waals surface area (Å²) < 4.78 is 15.0. The van der Waals surface area contributed by atoms with E-state index in [0.29, 0.717) is 22.3 Å². The number of carbonyl (C=O) groups excluding carboxylic acids is 2. The van der Waals surface area contributed by atoms with Crippen molar-refractivity contribution in [2.24, 2.45) is 16.1 Å². The smallest absolute Gasteiger partial charge is 0.355 e. The molecular weight excluding hydrogens is 340 g/mol. The van der Waals surface area contributed by atoms with E-state index in [4.69, 9.17) is 14.1 Å². The summed E-state index contributed by atoms with van der Waals surface area (Å²) in [6, 6.07) is 5.20. The van der Waals surface area contributed by atoms with E-state index in [9.17, 15) is 9.59 Å². The average molecular weight is 358 g/mol. The maximum atomic E-state index is 12.6. The topological polar surface area (TPSA) is 116 Å². The van der Waals surface area contributed by atoms with Crippen LogP contribution in [0.15, 0.2) is 33.0 Å². The van der Waals surface area contributed by atoms with Crippen LogP contribution < -0.4 is 0 Å². The lowest BCUT2D eigenvalue weighted by Crippen LogP contribution is -2.40. The van der Waals surface area contributed by atoms with Crippen LogP contribution in [0.5, 0.6) is 0 Å². The molecule has 2 atom stereocenters. The molecular formula is C17H18N4O5. The summed E-state index contributed by atoms with van der Waals surface area (Å²) in [6.07, 6.45) is -0.348. The van der Waals surface area contributed by atoms with Gasteiger partial charge in [-0.2, -0.15) is 5.10 Å². The van der Waals surface area contributed by atoms with E-state index >= 15 is 0 Å². The summed E-state index contributed by atoms with van der Waals surface area (Å²) in [5.74, 6) is -2.80. The molecule has 0 spiro atoms. The molecule has 26 heavy (non-hydrogen) atoms. The Morgan fingerprint density at radius 1 is 1.19 bits per heavy atom. The van der Waals surface area contributed by atoms with Gasteiger partial charge in [0.2, 0.25) is 0 Å². The molecule has 0 aliphatic carbocycles. The molecule has 9 nitrogen and oxygen atoms in total. The van der Waals surface area contributed by atoms with Crippen LogP contribution in [-0.4, -0.2) is 46.9 Å². The fraction of sp³-hybridized carbons (Fsp3) is 0.412. The molecule has 0 amide bonds. The van der Waals surface area contributed by atoms with Crippen LogP contribution in [-0.2, 0) is 19.1 Å². The molecule has 1 aliphatic rings. The van der Waals surface area contributed by atoms with Crippen molar-refractivity contribution >= 4 is 34.4 Å². The van der Waals surface area contributed by atoms with Gasteiger partial charge in [-0.1, -0.05) is 12.1 Å². The number of fused-ring (bicyclic) bond motifs is 1. The van der Waals surface area contributed by atoms with Gasteiger partial charge < -0.3 is 9.47 Å². The van der Waals surface area contributed by atoms with E-state index in [1.807, 2.05) is 0 Å². The van der Waals surface area contributed by atoms with Crippen molar-refractivity contribution in [3.8, 4) is 0 Å². The fourth-order valence-electron chi connectivity index (χ4n) is 2.94. The van der Waals surface area contributed by atoms with Gasteiger partial charge in [0, 0.05) is 0 Å². The zero-order valence-corrected chi connectivity index (χ0v) is 14.8. The first kappa shape index (κ1) is 17.7. The van der Waals surface area contributed by atoms with Gasteiger partial charge in [-0.3, -0.25) is 4.79 Å². The fourth-order valence-corrected chi connectivity index (χ4v) is 2.94. The Morgan fingerprint density at radius 2 is 1.96 bits per heavy atom. The summed E-state index contributed by atoms with van der Waals surface area (Å²) in [6.45, 7) is 5.11. The standard InChI is InChI=1S/C17H18N4O5/c1-8(2)25-17(23)15-13(12(16(22)24-4)9(3)18-19-15)10-6-5-7-11-14(10)21-26-20-11/h5-8,12-13H,1-4H3. The van der Waals surface area contributed by atoms with Crippen molar-refractivity contribution < 1.29 is 23.7 Å². The minimum absolute atomic E-state index is 0.00944. The van der Waals surface area contributed by atoms with Crippen molar-refractivity contribution in [3.63, 3.8) is 0 Å². The molecule has 0 saturated carbocycles. The highest BCUT2D eigenvalue weighted by Gasteiger charge is 2.43. The Bertz CT molecular complexity index is 915. The summed E-state index contributed by atoms with van der Waals surface area (Å²) >= 11 is 0. The van der Waals surface area contributed by atoms with Gasteiger partial charge in [0.25, 0.3) is 0 Å². The van der Waals surface area contributed by atoms with Crippen LogP contribution >= 0.6 is 0 Å². The molecule has 0 radical (unpaired) electrons. The van der Waals surface area contributed by atoms with E-state index in [-0.39, 0.29) is 11.8 Å². The first-order chi connectivity index (χ1) is 12.4. The number of nitrogens with zero attached hydrogens (tertiary/aromatic N) is 4. The summed E-state index contributed by atoms with van der Waals surface area (Å²) in [7, 11) is 1.28. The van der Waals surface area contributed by atoms with Crippen molar-refractivity contribution in [3.05, 3.63) is 23.8 Å². The third-order valence-electron chi connectivity index (χ3n) is 4.05. The zero-order chi connectivity index (χ0) is 18.8. The van der Waals surface area contributed by atoms with Crippen LogP contribution in [0.2, 0.25) is 0 Å². The van der Waals surface area contributed by atoms with Crippen molar-refractivity contribution in [1.29, 1.82) is 0 Å². The number of ether oxygens (including phenoxy) is 2. The van der Waals surface area contributed by atoms with Gasteiger partial charge >= 0.3 is 11.9 Å². The lowest BCUT2D eigenvalue weighted by atomic mass is 9.78. The molecule has 2 unspecified atom stereocenters. The molecule has 1 aromatic carbocycles. The highest BCUT2D eigenvalue weighted by molar-refractivity contribution is 6.40. The van der Waals surface area contributed by atoms with Crippen LogP contribution in [0.25, 0.3) is 11.0 Å². The second kappa shape index (κ2) is 7.03. The minimum atomic E-state index is -0.838. The number of esters is 2.